The maximum atomic E-state index is 13.0. The van der Waals surface area contributed by atoms with E-state index in [2.05, 4.69) is 28.9 Å². The van der Waals surface area contributed by atoms with Crippen LogP contribution in [0.4, 0.5) is 5.69 Å². The number of aromatic carboxylic acids is 1. The summed E-state index contributed by atoms with van der Waals surface area (Å²) < 4.78 is 0. The number of rotatable bonds is 4. The average Bonchev–Trinajstić information content (AvgIpc) is 3.06. The number of hydrogen-bond acceptors (Lipinski definition) is 3. The van der Waals surface area contributed by atoms with E-state index in [0.717, 1.165) is 12.2 Å². The topological polar surface area (TPSA) is 76.6 Å². The van der Waals surface area contributed by atoms with E-state index >= 15 is 0 Å². The largest absolute Gasteiger partial charge is 0.477 e. The third-order valence-corrected chi connectivity index (χ3v) is 5.71. The summed E-state index contributed by atoms with van der Waals surface area (Å²) >= 11 is 6.10. The molecule has 1 fully saturated rings. The van der Waals surface area contributed by atoms with Crippen molar-refractivity contribution in [1.82, 2.24) is 9.88 Å². The van der Waals surface area contributed by atoms with E-state index in [1.165, 1.54) is 0 Å². The molecule has 1 amide bonds. The number of benzene rings is 2. The number of H-pyrrole nitrogens is 1. The molecule has 6 nitrogen and oxygen atoms in total. The van der Waals surface area contributed by atoms with Gasteiger partial charge in [0, 0.05) is 52.9 Å². The summed E-state index contributed by atoms with van der Waals surface area (Å²) in [6.45, 7) is 4.03. The molecule has 0 radical (unpaired) electrons. The zero-order chi connectivity index (χ0) is 20.5. The first kappa shape index (κ1) is 19.3. The van der Waals surface area contributed by atoms with Crippen LogP contribution in [-0.2, 0) is 11.2 Å². The monoisotopic (exact) mass is 411 g/mol. The van der Waals surface area contributed by atoms with Crippen LogP contribution >= 0.6 is 11.6 Å². The van der Waals surface area contributed by atoms with Crippen molar-refractivity contribution in [3.05, 3.63) is 64.8 Å². The van der Waals surface area contributed by atoms with Crippen molar-refractivity contribution in [1.29, 1.82) is 0 Å². The Kier molecular flexibility index (Phi) is 5.20. The first-order valence-corrected chi connectivity index (χ1v) is 9.94. The summed E-state index contributed by atoms with van der Waals surface area (Å²) in [6, 6.07) is 15.5. The van der Waals surface area contributed by atoms with Gasteiger partial charge in [-0.25, -0.2) is 4.79 Å². The van der Waals surface area contributed by atoms with Gasteiger partial charge in [-0.1, -0.05) is 29.8 Å². The number of carbonyl (C=O) groups is 2. The SMILES string of the molecule is CC1CN(C(=O)Cc2c(C(=O)O)[nH]c3ccc(Cl)cc23)CCN1c1ccccc1. The number of aromatic nitrogens is 1. The lowest BCUT2D eigenvalue weighted by Crippen LogP contribution is -2.54. The molecule has 29 heavy (non-hydrogen) atoms. The molecule has 1 aliphatic heterocycles. The molecule has 2 N–H and O–H groups in total. The predicted molar refractivity (Wildman–Crippen MR) is 114 cm³/mol. The van der Waals surface area contributed by atoms with Crippen LogP contribution in [0.5, 0.6) is 0 Å². The zero-order valence-electron chi connectivity index (χ0n) is 16.1. The fourth-order valence-electron chi connectivity index (χ4n) is 4.04. The summed E-state index contributed by atoms with van der Waals surface area (Å²) in [5, 5.41) is 10.8. The summed E-state index contributed by atoms with van der Waals surface area (Å²) in [5.74, 6) is -1.16. The molecule has 2 heterocycles. The maximum Gasteiger partial charge on any atom is 0.352 e. The molecule has 4 rings (SSSR count). The standard InChI is InChI=1S/C22H22ClN3O3/c1-14-13-25(9-10-26(14)16-5-3-2-4-6-16)20(27)12-18-17-11-15(23)7-8-19(17)24-21(18)22(28)29/h2-8,11,14,24H,9-10,12-13H2,1H3,(H,28,29). The molecule has 1 unspecified atom stereocenters. The Morgan fingerprint density at radius 2 is 1.93 bits per heavy atom. The quantitative estimate of drug-likeness (QED) is 0.684. The van der Waals surface area contributed by atoms with Crippen molar-refractivity contribution in [3.8, 4) is 0 Å². The van der Waals surface area contributed by atoms with Gasteiger partial charge in [0.05, 0.1) is 6.42 Å². The van der Waals surface area contributed by atoms with Crippen molar-refractivity contribution < 1.29 is 14.7 Å². The molecular weight excluding hydrogens is 390 g/mol. The summed E-state index contributed by atoms with van der Waals surface area (Å²) in [5.41, 5.74) is 2.34. The number of halogens is 1. The van der Waals surface area contributed by atoms with E-state index in [0.29, 0.717) is 34.6 Å². The fraction of sp³-hybridized carbons (Fsp3) is 0.273. The van der Waals surface area contributed by atoms with Gasteiger partial charge in [-0.3, -0.25) is 4.79 Å². The van der Waals surface area contributed by atoms with Crippen molar-refractivity contribution in [2.24, 2.45) is 0 Å². The summed E-state index contributed by atoms with van der Waals surface area (Å²) in [4.78, 5) is 31.7. The number of carboxylic acids is 1. The Morgan fingerprint density at radius 1 is 1.17 bits per heavy atom. The van der Waals surface area contributed by atoms with E-state index in [-0.39, 0.29) is 24.1 Å². The molecule has 0 saturated carbocycles. The van der Waals surface area contributed by atoms with Crippen molar-refractivity contribution >= 4 is 40.1 Å². The van der Waals surface area contributed by atoms with Gasteiger partial charge in [0.2, 0.25) is 5.91 Å². The molecule has 0 spiro atoms. The minimum absolute atomic E-state index is 0.0278. The van der Waals surface area contributed by atoms with Crippen LogP contribution in [0.2, 0.25) is 5.02 Å². The average molecular weight is 412 g/mol. The highest BCUT2D eigenvalue weighted by Gasteiger charge is 2.28. The fourth-order valence-corrected chi connectivity index (χ4v) is 4.21. The summed E-state index contributed by atoms with van der Waals surface area (Å²) in [6.07, 6.45) is 0.0278. The highest BCUT2D eigenvalue weighted by atomic mass is 35.5. The van der Waals surface area contributed by atoms with Crippen LogP contribution in [-0.4, -0.2) is 52.5 Å². The number of carboxylic acid groups (broad SMARTS) is 1. The first-order chi connectivity index (χ1) is 13.9. The van der Waals surface area contributed by atoms with Crippen LogP contribution in [0.1, 0.15) is 23.0 Å². The Balaban J connectivity index is 1.54. The maximum absolute atomic E-state index is 13.0. The van der Waals surface area contributed by atoms with Gasteiger partial charge < -0.3 is 19.9 Å². The van der Waals surface area contributed by atoms with Crippen LogP contribution in [0.15, 0.2) is 48.5 Å². The van der Waals surface area contributed by atoms with Crippen molar-refractivity contribution in [2.75, 3.05) is 24.5 Å². The number of nitrogens with zero attached hydrogens (tertiary/aromatic N) is 2. The lowest BCUT2D eigenvalue weighted by molar-refractivity contribution is -0.131. The number of carbonyl (C=O) groups excluding carboxylic acids is 1. The number of amides is 1. The lowest BCUT2D eigenvalue weighted by Gasteiger charge is -2.41. The van der Waals surface area contributed by atoms with Gasteiger partial charge in [-0.2, -0.15) is 0 Å². The summed E-state index contributed by atoms with van der Waals surface area (Å²) in [7, 11) is 0. The molecule has 7 heteroatoms. The predicted octanol–water partition coefficient (Wildman–Crippen LogP) is 3.80. The van der Waals surface area contributed by atoms with Crippen molar-refractivity contribution in [3.63, 3.8) is 0 Å². The third kappa shape index (κ3) is 3.80. The molecule has 0 aliphatic carbocycles. The molecular formula is C22H22ClN3O3. The van der Waals surface area contributed by atoms with E-state index in [1.807, 2.05) is 23.1 Å². The Morgan fingerprint density at radius 3 is 2.62 bits per heavy atom. The lowest BCUT2D eigenvalue weighted by atomic mass is 10.1. The highest BCUT2D eigenvalue weighted by molar-refractivity contribution is 6.31. The Hall–Kier alpha value is -2.99. The molecule has 1 saturated heterocycles. The molecule has 150 valence electrons. The molecule has 3 aromatic rings. The number of para-hydroxylation sites is 1. The number of nitrogens with one attached hydrogen (secondary N) is 1. The van der Waals surface area contributed by atoms with Crippen LogP contribution in [0, 0.1) is 0 Å². The minimum atomic E-state index is -1.08. The van der Waals surface area contributed by atoms with E-state index in [9.17, 15) is 14.7 Å². The minimum Gasteiger partial charge on any atom is -0.477 e. The number of hydrogen-bond donors (Lipinski definition) is 2. The zero-order valence-corrected chi connectivity index (χ0v) is 16.8. The Labute approximate surface area is 173 Å². The normalized spacial score (nSPS) is 17.0. The number of fused-ring (bicyclic) bond motifs is 1. The second-order valence-electron chi connectivity index (χ2n) is 7.37. The van der Waals surface area contributed by atoms with Crippen molar-refractivity contribution in [2.45, 2.75) is 19.4 Å². The number of aromatic amines is 1. The first-order valence-electron chi connectivity index (χ1n) is 9.57. The molecule has 1 aromatic heterocycles. The van der Waals surface area contributed by atoms with Gasteiger partial charge in [0.1, 0.15) is 5.69 Å². The number of anilines is 1. The highest BCUT2D eigenvalue weighted by Crippen LogP contribution is 2.27. The van der Waals surface area contributed by atoms with Gasteiger partial charge in [-0.15, -0.1) is 0 Å². The second-order valence-corrected chi connectivity index (χ2v) is 7.80. The van der Waals surface area contributed by atoms with Gasteiger partial charge >= 0.3 is 5.97 Å². The van der Waals surface area contributed by atoms with E-state index in [4.69, 9.17) is 11.6 Å². The van der Waals surface area contributed by atoms with Crippen LogP contribution in [0.3, 0.4) is 0 Å². The van der Waals surface area contributed by atoms with Gasteiger partial charge in [-0.05, 0) is 37.3 Å². The van der Waals surface area contributed by atoms with Crippen LogP contribution < -0.4 is 4.90 Å². The van der Waals surface area contributed by atoms with E-state index in [1.54, 1.807) is 18.2 Å². The van der Waals surface area contributed by atoms with Gasteiger partial charge in [0.15, 0.2) is 0 Å². The molecule has 2 aromatic carbocycles. The molecule has 1 aliphatic rings. The van der Waals surface area contributed by atoms with E-state index < -0.39 is 5.97 Å². The van der Waals surface area contributed by atoms with Crippen LogP contribution in [0.25, 0.3) is 10.9 Å². The number of piperazine rings is 1. The smallest absolute Gasteiger partial charge is 0.352 e. The second kappa shape index (κ2) is 7.79. The third-order valence-electron chi connectivity index (χ3n) is 5.48. The molecule has 0 bridgehead atoms. The Bertz CT molecular complexity index is 1060. The van der Waals surface area contributed by atoms with Gasteiger partial charge in [0.25, 0.3) is 0 Å². The molecule has 1 atom stereocenters.